The minimum atomic E-state index is -3.90. The monoisotopic (exact) mass is 612 g/mol. The number of amides is 2. The SMILES string of the molecule is CCOc1ccc(-c2ccc([C@@]3(CC(=O)NOC4CCCCO4)CCN(C(=O)c4ccccc4)CCS3(=O)=O)s2)cc1. The molecule has 1 unspecified atom stereocenters. The molecule has 0 bridgehead atoms. The van der Waals surface area contributed by atoms with Crippen LogP contribution in [0.5, 0.6) is 5.75 Å². The van der Waals surface area contributed by atoms with E-state index in [2.05, 4.69) is 5.48 Å². The predicted molar refractivity (Wildman–Crippen MR) is 161 cm³/mol. The van der Waals surface area contributed by atoms with Crippen LogP contribution in [-0.2, 0) is 29.0 Å². The van der Waals surface area contributed by atoms with E-state index in [-0.39, 0.29) is 37.6 Å². The van der Waals surface area contributed by atoms with Gasteiger partial charge in [0.05, 0.1) is 18.8 Å². The fourth-order valence-electron chi connectivity index (χ4n) is 5.39. The first kappa shape index (κ1) is 30.2. The van der Waals surface area contributed by atoms with Crippen LogP contribution in [0, 0.1) is 0 Å². The lowest BCUT2D eigenvalue weighted by Gasteiger charge is -2.31. The molecule has 0 saturated carbocycles. The third-order valence-electron chi connectivity index (χ3n) is 7.71. The van der Waals surface area contributed by atoms with Gasteiger partial charge in [-0.05, 0) is 80.3 Å². The Labute approximate surface area is 250 Å². The molecule has 2 aromatic carbocycles. The molecule has 2 atom stereocenters. The molecule has 5 rings (SSSR count). The molecule has 11 heteroatoms. The highest BCUT2D eigenvalue weighted by Gasteiger charge is 2.50. The average molecular weight is 613 g/mol. The summed E-state index contributed by atoms with van der Waals surface area (Å²) in [5.74, 6) is -0.291. The normalized spacial score (nSPS) is 22.2. The molecule has 0 radical (unpaired) electrons. The summed E-state index contributed by atoms with van der Waals surface area (Å²) in [4.78, 5) is 35.1. The molecule has 2 amide bonds. The summed E-state index contributed by atoms with van der Waals surface area (Å²) >= 11 is 1.35. The van der Waals surface area contributed by atoms with Crippen LogP contribution < -0.4 is 10.2 Å². The van der Waals surface area contributed by atoms with E-state index >= 15 is 0 Å². The first-order valence-corrected chi connectivity index (χ1v) is 16.7. The van der Waals surface area contributed by atoms with Crippen LogP contribution in [0.25, 0.3) is 10.4 Å². The van der Waals surface area contributed by atoms with Gasteiger partial charge in [0, 0.05) is 41.4 Å². The van der Waals surface area contributed by atoms with Crippen molar-refractivity contribution in [2.75, 3.05) is 32.1 Å². The van der Waals surface area contributed by atoms with Gasteiger partial charge in [0.2, 0.25) is 5.91 Å². The number of benzene rings is 2. The number of hydrogen-bond acceptors (Lipinski definition) is 8. The number of ether oxygens (including phenoxy) is 2. The maximum atomic E-state index is 14.1. The Bertz CT molecular complexity index is 1470. The van der Waals surface area contributed by atoms with Crippen molar-refractivity contribution in [1.82, 2.24) is 10.4 Å². The fraction of sp³-hybridized carbons (Fsp3) is 0.419. The number of hydroxylamine groups is 1. The smallest absolute Gasteiger partial charge is 0.253 e. The van der Waals surface area contributed by atoms with E-state index in [1.807, 2.05) is 43.3 Å². The van der Waals surface area contributed by atoms with Gasteiger partial charge in [0.15, 0.2) is 16.1 Å². The maximum absolute atomic E-state index is 14.1. The topological polar surface area (TPSA) is 111 Å². The fourth-order valence-corrected chi connectivity index (χ4v) is 9.00. The quantitative estimate of drug-likeness (QED) is 0.341. The van der Waals surface area contributed by atoms with Gasteiger partial charge in [-0.15, -0.1) is 11.3 Å². The van der Waals surface area contributed by atoms with E-state index in [1.165, 1.54) is 11.3 Å². The summed E-state index contributed by atoms with van der Waals surface area (Å²) in [7, 11) is -3.90. The third-order valence-corrected chi connectivity index (χ3v) is 11.7. The van der Waals surface area contributed by atoms with Crippen molar-refractivity contribution in [1.29, 1.82) is 0 Å². The molecule has 1 aromatic heterocycles. The van der Waals surface area contributed by atoms with Crippen LogP contribution >= 0.6 is 11.3 Å². The van der Waals surface area contributed by atoms with E-state index in [4.69, 9.17) is 14.3 Å². The Morgan fingerprint density at radius 2 is 1.83 bits per heavy atom. The standard InChI is InChI=1S/C31H36N2O7S2/c1-2-38-25-13-11-23(12-14-25)26-15-16-27(41-26)31(22-28(34)32-40-29-10-6-7-20-39-29)17-18-33(19-21-42(31,36)37)30(35)24-8-4-3-5-9-24/h3-5,8-9,11-16,29H,2,6-7,10,17-22H2,1H3,(H,32,34)/t29?,31-/m0/s1. The molecule has 2 saturated heterocycles. The summed E-state index contributed by atoms with van der Waals surface area (Å²) in [6, 6.07) is 20.1. The van der Waals surface area contributed by atoms with E-state index < -0.39 is 26.8 Å². The Morgan fingerprint density at radius 3 is 2.55 bits per heavy atom. The van der Waals surface area contributed by atoms with Crippen molar-refractivity contribution in [2.24, 2.45) is 0 Å². The van der Waals surface area contributed by atoms with E-state index in [1.54, 1.807) is 35.2 Å². The van der Waals surface area contributed by atoms with Crippen LogP contribution in [0.1, 0.15) is 54.3 Å². The lowest BCUT2D eigenvalue weighted by Crippen LogP contribution is -2.43. The van der Waals surface area contributed by atoms with Gasteiger partial charge in [-0.2, -0.15) is 0 Å². The molecule has 3 heterocycles. The molecule has 0 spiro atoms. The van der Waals surface area contributed by atoms with Crippen molar-refractivity contribution >= 4 is 33.0 Å². The summed E-state index contributed by atoms with van der Waals surface area (Å²) in [6.07, 6.45) is 1.69. The van der Waals surface area contributed by atoms with Crippen LogP contribution in [0.3, 0.4) is 0 Å². The minimum absolute atomic E-state index is 0.0446. The highest BCUT2D eigenvalue weighted by Crippen LogP contribution is 2.45. The molecule has 2 aliphatic heterocycles. The number of carbonyl (C=O) groups is 2. The van der Waals surface area contributed by atoms with E-state index in [0.717, 1.165) is 29.0 Å². The molecule has 1 N–H and O–H groups in total. The lowest BCUT2D eigenvalue weighted by molar-refractivity contribution is -0.200. The number of sulfone groups is 1. The van der Waals surface area contributed by atoms with Crippen molar-refractivity contribution in [3.63, 3.8) is 0 Å². The number of thiophene rings is 1. The average Bonchev–Trinajstić information content (AvgIpc) is 3.46. The number of rotatable bonds is 9. The zero-order chi connectivity index (χ0) is 29.6. The van der Waals surface area contributed by atoms with Crippen LogP contribution in [-0.4, -0.2) is 63.5 Å². The molecule has 2 fully saturated rings. The number of hydrogen-bond donors (Lipinski definition) is 1. The van der Waals surface area contributed by atoms with Gasteiger partial charge in [-0.1, -0.05) is 18.2 Å². The molecule has 9 nitrogen and oxygen atoms in total. The zero-order valence-corrected chi connectivity index (χ0v) is 25.3. The number of carbonyl (C=O) groups excluding carboxylic acids is 2. The molecular formula is C31H36N2O7S2. The summed E-state index contributed by atoms with van der Waals surface area (Å²) in [6.45, 7) is 3.26. The van der Waals surface area contributed by atoms with Crippen LogP contribution in [0.2, 0.25) is 0 Å². The maximum Gasteiger partial charge on any atom is 0.253 e. The predicted octanol–water partition coefficient (Wildman–Crippen LogP) is 4.93. The van der Waals surface area contributed by atoms with Crippen molar-refractivity contribution < 1.29 is 32.3 Å². The zero-order valence-electron chi connectivity index (χ0n) is 23.6. The van der Waals surface area contributed by atoms with Crippen LogP contribution in [0.4, 0.5) is 0 Å². The first-order valence-electron chi connectivity index (χ1n) is 14.3. The second-order valence-electron chi connectivity index (χ2n) is 10.5. The van der Waals surface area contributed by atoms with E-state index in [9.17, 15) is 18.0 Å². The molecule has 42 heavy (non-hydrogen) atoms. The lowest BCUT2D eigenvalue weighted by atomic mass is 9.97. The van der Waals surface area contributed by atoms with Gasteiger partial charge < -0.3 is 14.4 Å². The number of nitrogens with one attached hydrogen (secondary N) is 1. The Balaban J connectivity index is 1.44. The Morgan fingerprint density at radius 1 is 1.05 bits per heavy atom. The second kappa shape index (κ2) is 13.4. The highest BCUT2D eigenvalue weighted by molar-refractivity contribution is 7.92. The first-order chi connectivity index (χ1) is 20.3. The van der Waals surface area contributed by atoms with Crippen LogP contribution in [0.15, 0.2) is 66.7 Å². The Kier molecular flexibility index (Phi) is 9.62. The van der Waals surface area contributed by atoms with Gasteiger partial charge in [0.25, 0.3) is 5.91 Å². The second-order valence-corrected chi connectivity index (χ2v) is 14.0. The third kappa shape index (κ3) is 6.70. The van der Waals surface area contributed by atoms with Crippen molar-refractivity contribution in [3.8, 4) is 16.2 Å². The minimum Gasteiger partial charge on any atom is -0.494 e. The summed E-state index contributed by atoms with van der Waals surface area (Å²) < 4.78 is 37.8. The van der Waals surface area contributed by atoms with E-state index in [0.29, 0.717) is 30.1 Å². The highest BCUT2D eigenvalue weighted by atomic mass is 32.2. The summed E-state index contributed by atoms with van der Waals surface area (Å²) in [5.41, 5.74) is 3.86. The molecule has 2 aliphatic rings. The van der Waals surface area contributed by atoms with Crippen molar-refractivity contribution in [3.05, 3.63) is 77.2 Å². The molecule has 224 valence electrons. The van der Waals surface area contributed by atoms with Crippen molar-refractivity contribution in [2.45, 2.75) is 50.1 Å². The van der Waals surface area contributed by atoms with Gasteiger partial charge in [-0.3, -0.25) is 9.59 Å². The van der Waals surface area contributed by atoms with Gasteiger partial charge >= 0.3 is 0 Å². The Hall–Kier alpha value is -3.25. The van der Waals surface area contributed by atoms with Gasteiger partial charge in [-0.25, -0.2) is 18.7 Å². The molecule has 0 aliphatic carbocycles. The number of nitrogens with zero attached hydrogens (tertiary/aromatic N) is 1. The van der Waals surface area contributed by atoms with Gasteiger partial charge in [0.1, 0.15) is 10.5 Å². The molecule has 3 aromatic rings. The largest absolute Gasteiger partial charge is 0.494 e. The molecular weight excluding hydrogens is 576 g/mol. The summed E-state index contributed by atoms with van der Waals surface area (Å²) in [5, 5.41) is 0.